The van der Waals surface area contributed by atoms with Crippen LogP contribution in [0.5, 0.6) is 0 Å². The number of carbonyl (C=O) groups excluding carboxylic acids is 1. The van der Waals surface area contributed by atoms with Gasteiger partial charge in [0.1, 0.15) is 0 Å². The Morgan fingerprint density at radius 2 is 2.08 bits per heavy atom. The molecule has 0 aromatic rings. The zero-order valence-electron chi connectivity index (χ0n) is 8.34. The van der Waals surface area contributed by atoms with E-state index < -0.39 is 0 Å². The topological polar surface area (TPSA) is 26.3 Å². The summed E-state index contributed by atoms with van der Waals surface area (Å²) in [5.41, 5.74) is 1.34. The van der Waals surface area contributed by atoms with Crippen molar-refractivity contribution in [2.24, 2.45) is 0 Å². The number of allylic oxidation sites excluding steroid dienone is 2. The fourth-order valence-corrected chi connectivity index (χ4v) is 1.65. The summed E-state index contributed by atoms with van der Waals surface area (Å²) in [6.45, 7) is 0.544. The Balaban J connectivity index is 2.30. The summed E-state index contributed by atoms with van der Waals surface area (Å²) in [6.07, 6.45) is 8.44. The number of ketones is 1. The Morgan fingerprint density at radius 1 is 1.38 bits per heavy atom. The van der Waals surface area contributed by atoms with Crippen molar-refractivity contribution in [3.8, 4) is 0 Å². The van der Waals surface area contributed by atoms with Crippen LogP contribution in [-0.4, -0.2) is 19.5 Å². The largest absolute Gasteiger partial charge is 0.384 e. The lowest BCUT2D eigenvalue weighted by Crippen LogP contribution is -2.02. The Morgan fingerprint density at radius 3 is 2.69 bits per heavy atom. The molecule has 0 saturated heterocycles. The van der Waals surface area contributed by atoms with Crippen LogP contribution >= 0.6 is 0 Å². The van der Waals surface area contributed by atoms with Crippen LogP contribution in [-0.2, 0) is 9.53 Å². The summed E-state index contributed by atoms with van der Waals surface area (Å²) < 4.78 is 4.85. The van der Waals surface area contributed by atoms with Gasteiger partial charge in [0.25, 0.3) is 0 Å². The highest BCUT2D eigenvalue weighted by atomic mass is 16.5. The smallest absolute Gasteiger partial charge is 0.157 e. The molecule has 0 aliphatic heterocycles. The van der Waals surface area contributed by atoms with Crippen LogP contribution in [0.25, 0.3) is 0 Å². The Hall–Kier alpha value is -0.630. The quantitative estimate of drug-likeness (QED) is 0.624. The highest BCUT2D eigenvalue weighted by Crippen LogP contribution is 2.22. The molecule has 1 saturated carbocycles. The first-order valence-corrected chi connectivity index (χ1v) is 5.04. The fourth-order valence-electron chi connectivity index (χ4n) is 1.65. The van der Waals surface area contributed by atoms with E-state index in [0.29, 0.717) is 13.0 Å². The van der Waals surface area contributed by atoms with Crippen molar-refractivity contribution < 1.29 is 9.53 Å². The Labute approximate surface area is 80.0 Å². The molecule has 0 unspecified atom stereocenters. The number of hydrogen-bond donors (Lipinski definition) is 0. The van der Waals surface area contributed by atoms with E-state index in [2.05, 4.69) is 0 Å². The molecule has 0 N–H and O–H groups in total. The summed E-state index contributed by atoms with van der Waals surface area (Å²) in [4.78, 5) is 11.3. The fraction of sp³-hybridized carbons (Fsp3) is 0.727. The molecule has 1 rings (SSSR count). The van der Waals surface area contributed by atoms with Crippen molar-refractivity contribution in [1.82, 2.24) is 0 Å². The lowest BCUT2D eigenvalue weighted by molar-refractivity contribution is -0.115. The van der Waals surface area contributed by atoms with Gasteiger partial charge in [-0.2, -0.15) is 0 Å². The SMILES string of the molecule is COCCC(=O)C=C1CCCCC1. The molecule has 0 aromatic heterocycles. The number of ether oxygens (including phenoxy) is 1. The molecule has 0 radical (unpaired) electrons. The maximum Gasteiger partial charge on any atom is 0.157 e. The monoisotopic (exact) mass is 182 g/mol. The standard InChI is InChI=1S/C11H18O2/c1-13-8-7-11(12)9-10-5-3-2-4-6-10/h9H,2-8H2,1H3. The molecule has 0 atom stereocenters. The van der Waals surface area contributed by atoms with Crippen molar-refractivity contribution in [3.05, 3.63) is 11.6 Å². The molecule has 13 heavy (non-hydrogen) atoms. The highest BCUT2D eigenvalue weighted by Gasteiger charge is 2.06. The van der Waals surface area contributed by atoms with Gasteiger partial charge in [-0.1, -0.05) is 12.0 Å². The van der Waals surface area contributed by atoms with Gasteiger partial charge in [-0.25, -0.2) is 0 Å². The molecule has 0 aromatic carbocycles. The van der Waals surface area contributed by atoms with Crippen molar-refractivity contribution in [2.75, 3.05) is 13.7 Å². The predicted molar refractivity (Wildman–Crippen MR) is 52.7 cm³/mol. The van der Waals surface area contributed by atoms with Gasteiger partial charge in [0.15, 0.2) is 5.78 Å². The van der Waals surface area contributed by atoms with Gasteiger partial charge in [-0.3, -0.25) is 4.79 Å². The van der Waals surface area contributed by atoms with Crippen molar-refractivity contribution in [1.29, 1.82) is 0 Å². The lowest BCUT2D eigenvalue weighted by Gasteiger charge is -2.12. The molecular formula is C11H18O2. The van der Waals surface area contributed by atoms with Crippen LogP contribution in [0.1, 0.15) is 38.5 Å². The number of hydrogen-bond acceptors (Lipinski definition) is 2. The maximum atomic E-state index is 11.3. The lowest BCUT2D eigenvalue weighted by atomic mass is 9.94. The second kappa shape index (κ2) is 5.92. The third kappa shape index (κ3) is 4.23. The molecular weight excluding hydrogens is 164 g/mol. The van der Waals surface area contributed by atoms with E-state index in [4.69, 9.17) is 4.74 Å². The molecule has 0 spiro atoms. The van der Waals surface area contributed by atoms with Crippen molar-refractivity contribution in [2.45, 2.75) is 38.5 Å². The Kier molecular flexibility index (Phi) is 4.76. The number of methoxy groups -OCH3 is 1. The minimum absolute atomic E-state index is 0.221. The second-order valence-electron chi connectivity index (χ2n) is 3.57. The summed E-state index contributed by atoms with van der Waals surface area (Å²) in [7, 11) is 1.63. The number of carbonyl (C=O) groups is 1. The van der Waals surface area contributed by atoms with E-state index in [0.717, 1.165) is 12.8 Å². The van der Waals surface area contributed by atoms with E-state index in [-0.39, 0.29) is 5.78 Å². The van der Waals surface area contributed by atoms with Gasteiger partial charge in [0.2, 0.25) is 0 Å². The molecule has 0 amide bonds. The van der Waals surface area contributed by atoms with Gasteiger partial charge in [0, 0.05) is 13.5 Å². The normalized spacial score (nSPS) is 17.2. The first kappa shape index (κ1) is 10.5. The zero-order chi connectivity index (χ0) is 9.52. The molecule has 1 aliphatic carbocycles. The molecule has 1 aliphatic rings. The van der Waals surface area contributed by atoms with E-state index in [1.165, 1.54) is 24.8 Å². The molecule has 74 valence electrons. The molecule has 1 fully saturated rings. The number of rotatable bonds is 4. The van der Waals surface area contributed by atoms with Crippen LogP contribution < -0.4 is 0 Å². The van der Waals surface area contributed by atoms with Crippen LogP contribution in [0.15, 0.2) is 11.6 Å². The molecule has 2 nitrogen and oxygen atoms in total. The zero-order valence-corrected chi connectivity index (χ0v) is 8.34. The minimum atomic E-state index is 0.221. The van der Waals surface area contributed by atoms with Gasteiger partial charge in [0.05, 0.1) is 6.61 Å². The van der Waals surface area contributed by atoms with Gasteiger partial charge < -0.3 is 4.74 Å². The van der Waals surface area contributed by atoms with Gasteiger partial charge in [-0.05, 0) is 31.8 Å². The van der Waals surface area contributed by atoms with Gasteiger partial charge in [-0.15, -0.1) is 0 Å². The summed E-state index contributed by atoms with van der Waals surface area (Å²) >= 11 is 0. The van der Waals surface area contributed by atoms with E-state index in [1.54, 1.807) is 7.11 Å². The summed E-state index contributed by atoms with van der Waals surface area (Å²) in [6, 6.07) is 0. The Bertz CT molecular complexity index is 186. The molecule has 0 heterocycles. The van der Waals surface area contributed by atoms with Crippen LogP contribution in [0.2, 0.25) is 0 Å². The third-order valence-electron chi connectivity index (χ3n) is 2.41. The third-order valence-corrected chi connectivity index (χ3v) is 2.41. The average molecular weight is 182 g/mol. The second-order valence-corrected chi connectivity index (χ2v) is 3.57. The van der Waals surface area contributed by atoms with Crippen molar-refractivity contribution >= 4 is 5.78 Å². The predicted octanol–water partition coefficient (Wildman–Crippen LogP) is 2.48. The minimum Gasteiger partial charge on any atom is -0.384 e. The maximum absolute atomic E-state index is 11.3. The summed E-state index contributed by atoms with van der Waals surface area (Å²) in [5, 5.41) is 0. The van der Waals surface area contributed by atoms with Crippen LogP contribution in [0, 0.1) is 0 Å². The van der Waals surface area contributed by atoms with E-state index in [9.17, 15) is 4.79 Å². The molecule has 0 bridgehead atoms. The van der Waals surface area contributed by atoms with E-state index in [1.807, 2.05) is 6.08 Å². The van der Waals surface area contributed by atoms with E-state index >= 15 is 0 Å². The van der Waals surface area contributed by atoms with Crippen molar-refractivity contribution in [3.63, 3.8) is 0 Å². The average Bonchev–Trinajstić information content (AvgIpc) is 2.16. The molecule has 2 heteroatoms. The van der Waals surface area contributed by atoms with Crippen LogP contribution in [0.3, 0.4) is 0 Å². The van der Waals surface area contributed by atoms with Crippen LogP contribution in [0.4, 0.5) is 0 Å². The first-order chi connectivity index (χ1) is 6.33. The van der Waals surface area contributed by atoms with Gasteiger partial charge >= 0.3 is 0 Å². The first-order valence-electron chi connectivity index (χ1n) is 5.04. The summed E-state index contributed by atoms with van der Waals surface area (Å²) in [5.74, 6) is 0.221. The highest BCUT2D eigenvalue weighted by molar-refractivity contribution is 5.90.